The third-order valence-corrected chi connectivity index (χ3v) is 3.27. The van der Waals surface area contributed by atoms with Crippen LogP contribution in [0.4, 0.5) is 5.69 Å². The molecule has 7 nitrogen and oxygen atoms in total. The van der Waals surface area contributed by atoms with Gasteiger partial charge in [0.25, 0.3) is 5.69 Å². The highest BCUT2D eigenvalue weighted by molar-refractivity contribution is 5.93. The molecular formula is C12H16N4O3. The van der Waals surface area contributed by atoms with Crippen molar-refractivity contribution in [1.82, 2.24) is 4.90 Å². The van der Waals surface area contributed by atoms with Crippen molar-refractivity contribution in [2.45, 2.75) is 19.0 Å². The second-order valence-corrected chi connectivity index (χ2v) is 4.75. The van der Waals surface area contributed by atoms with Gasteiger partial charge in [-0.2, -0.15) is 0 Å². The van der Waals surface area contributed by atoms with E-state index in [0.717, 1.165) is 19.5 Å². The van der Waals surface area contributed by atoms with Crippen LogP contribution in [0.1, 0.15) is 22.3 Å². The molecule has 0 saturated carbocycles. The molecule has 1 saturated heterocycles. The normalized spacial score (nSPS) is 19.5. The number of likely N-dealkylation sites (tertiary alicyclic amines) is 1. The monoisotopic (exact) mass is 264 g/mol. The van der Waals surface area contributed by atoms with Crippen LogP contribution in [0.3, 0.4) is 0 Å². The zero-order chi connectivity index (χ0) is 14.0. The van der Waals surface area contributed by atoms with Gasteiger partial charge in [-0.1, -0.05) is 6.07 Å². The molecule has 0 bridgehead atoms. The molecule has 1 aromatic rings. The van der Waals surface area contributed by atoms with Crippen molar-refractivity contribution in [2.24, 2.45) is 11.5 Å². The molecular weight excluding hydrogens is 248 g/mol. The van der Waals surface area contributed by atoms with E-state index in [-0.39, 0.29) is 17.3 Å². The van der Waals surface area contributed by atoms with Crippen LogP contribution in [0.15, 0.2) is 18.2 Å². The van der Waals surface area contributed by atoms with E-state index in [2.05, 4.69) is 4.90 Å². The lowest BCUT2D eigenvalue weighted by molar-refractivity contribution is -0.385. The molecule has 0 aliphatic carbocycles. The van der Waals surface area contributed by atoms with E-state index in [1.165, 1.54) is 12.1 Å². The Balaban J connectivity index is 2.24. The largest absolute Gasteiger partial charge is 0.366 e. The summed E-state index contributed by atoms with van der Waals surface area (Å²) in [5.74, 6) is -0.669. The van der Waals surface area contributed by atoms with Gasteiger partial charge in [-0.15, -0.1) is 0 Å². The molecule has 1 aliphatic heterocycles. The van der Waals surface area contributed by atoms with Gasteiger partial charge in [-0.25, -0.2) is 0 Å². The van der Waals surface area contributed by atoms with Gasteiger partial charge in [0, 0.05) is 42.9 Å². The number of benzene rings is 1. The van der Waals surface area contributed by atoms with E-state index >= 15 is 0 Å². The van der Waals surface area contributed by atoms with Crippen molar-refractivity contribution in [3.05, 3.63) is 39.4 Å². The van der Waals surface area contributed by atoms with Crippen LogP contribution in [0.25, 0.3) is 0 Å². The second kappa shape index (κ2) is 5.33. The van der Waals surface area contributed by atoms with Gasteiger partial charge >= 0.3 is 0 Å². The number of amides is 1. The summed E-state index contributed by atoms with van der Waals surface area (Å²) in [5, 5.41) is 11.0. The molecule has 7 heteroatoms. The molecule has 2 rings (SSSR count). The Hall–Kier alpha value is -1.99. The summed E-state index contributed by atoms with van der Waals surface area (Å²) in [5.41, 5.74) is 11.6. The van der Waals surface area contributed by atoms with E-state index in [0.29, 0.717) is 12.1 Å². The minimum atomic E-state index is -0.669. The third kappa shape index (κ3) is 3.07. The fraction of sp³-hybridized carbons (Fsp3) is 0.417. The van der Waals surface area contributed by atoms with E-state index in [1.54, 1.807) is 6.07 Å². The lowest BCUT2D eigenvalue weighted by atomic mass is 10.1. The quantitative estimate of drug-likeness (QED) is 0.596. The zero-order valence-electron chi connectivity index (χ0n) is 10.4. The number of rotatable bonds is 4. The van der Waals surface area contributed by atoms with Gasteiger partial charge in [0.05, 0.1) is 4.92 Å². The highest BCUT2D eigenvalue weighted by atomic mass is 16.6. The predicted molar refractivity (Wildman–Crippen MR) is 69.5 cm³/mol. The SMILES string of the molecule is NC(=O)c1ccc(CN2CC[C@H](N)C2)c([N+](=O)[O-])c1. The van der Waals surface area contributed by atoms with Crippen molar-refractivity contribution in [1.29, 1.82) is 0 Å². The molecule has 1 heterocycles. The number of nitrogens with two attached hydrogens (primary N) is 2. The fourth-order valence-corrected chi connectivity index (χ4v) is 2.27. The summed E-state index contributed by atoms with van der Waals surface area (Å²) >= 11 is 0. The molecule has 102 valence electrons. The number of carbonyl (C=O) groups excluding carboxylic acids is 1. The molecule has 1 fully saturated rings. The number of nitro benzene ring substituents is 1. The lowest BCUT2D eigenvalue weighted by Crippen LogP contribution is -2.26. The Bertz CT molecular complexity index is 518. The minimum Gasteiger partial charge on any atom is -0.366 e. The van der Waals surface area contributed by atoms with Gasteiger partial charge < -0.3 is 11.5 Å². The topological polar surface area (TPSA) is 115 Å². The molecule has 1 aliphatic rings. The highest BCUT2D eigenvalue weighted by Gasteiger charge is 2.23. The first-order chi connectivity index (χ1) is 8.97. The van der Waals surface area contributed by atoms with Gasteiger partial charge in [-0.3, -0.25) is 19.8 Å². The summed E-state index contributed by atoms with van der Waals surface area (Å²) in [6, 6.07) is 4.46. The Labute approximate surface area is 110 Å². The molecule has 0 unspecified atom stereocenters. The number of hydrogen-bond acceptors (Lipinski definition) is 5. The molecule has 0 aromatic heterocycles. The molecule has 4 N–H and O–H groups in total. The van der Waals surface area contributed by atoms with Crippen molar-refractivity contribution in [2.75, 3.05) is 13.1 Å². The average molecular weight is 264 g/mol. The summed E-state index contributed by atoms with van der Waals surface area (Å²) in [7, 11) is 0. The molecule has 0 radical (unpaired) electrons. The Morgan fingerprint density at radius 2 is 2.26 bits per heavy atom. The van der Waals surface area contributed by atoms with Crippen LogP contribution in [0.5, 0.6) is 0 Å². The Morgan fingerprint density at radius 3 is 2.79 bits per heavy atom. The van der Waals surface area contributed by atoms with E-state index in [9.17, 15) is 14.9 Å². The fourth-order valence-electron chi connectivity index (χ4n) is 2.27. The first-order valence-corrected chi connectivity index (χ1v) is 6.02. The maximum Gasteiger partial charge on any atom is 0.274 e. The lowest BCUT2D eigenvalue weighted by Gasteiger charge is -2.15. The van der Waals surface area contributed by atoms with Crippen LogP contribution in [-0.4, -0.2) is 34.9 Å². The van der Waals surface area contributed by atoms with Crippen LogP contribution in [-0.2, 0) is 6.54 Å². The number of primary amides is 1. The number of nitrogens with zero attached hydrogens (tertiary/aromatic N) is 2. The van der Waals surface area contributed by atoms with E-state index in [4.69, 9.17) is 11.5 Å². The standard InChI is InChI=1S/C12H16N4O3/c13-10-3-4-15(7-10)6-9-2-1-8(12(14)17)5-11(9)16(18)19/h1-2,5,10H,3-4,6-7,13H2,(H2,14,17)/t10-/m0/s1. The molecule has 1 aromatic carbocycles. The first kappa shape index (κ1) is 13.4. The van der Waals surface area contributed by atoms with E-state index in [1.807, 2.05) is 0 Å². The molecule has 1 atom stereocenters. The molecule has 19 heavy (non-hydrogen) atoms. The maximum atomic E-state index is 11.0. The maximum absolute atomic E-state index is 11.0. The van der Waals surface area contributed by atoms with Gasteiger partial charge in [0.15, 0.2) is 0 Å². The van der Waals surface area contributed by atoms with Crippen molar-refractivity contribution in [3.8, 4) is 0 Å². The predicted octanol–water partition coefficient (Wildman–Crippen LogP) is 0.227. The first-order valence-electron chi connectivity index (χ1n) is 6.02. The van der Waals surface area contributed by atoms with Crippen LogP contribution < -0.4 is 11.5 Å². The number of carbonyl (C=O) groups is 1. The van der Waals surface area contributed by atoms with Crippen LogP contribution in [0.2, 0.25) is 0 Å². The van der Waals surface area contributed by atoms with Gasteiger partial charge in [-0.05, 0) is 12.5 Å². The minimum absolute atomic E-state index is 0.0724. The zero-order valence-corrected chi connectivity index (χ0v) is 10.4. The van der Waals surface area contributed by atoms with Crippen LogP contribution >= 0.6 is 0 Å². The summed E-state index contributed by atoms with van der Waals surface area (Å²) < 4.78 is 0. The summed E-state index contributed by atoms with van der Waals surface area (Å²) in [4.78, 5) is 23.7. The number of nitro groups is 1. The van der Waals surface area contributed by atoms with Crippen molar-refractivity contribution < 1.29 is 9.72 Å². The molecule has 1 amide bonds. The van der Waals surface area contributed by atoms with Crippen LogP contribution in [0, 0.1) is 10.1 Å². The highest BCUT2D eigenvalue weighted by Crippen LogP contribution is 2.23. The van der Waals surface area contributed by atoms with Gasteiger partial charge in [0.2, 0.25) is 5.91 Å². The average Bonchev–Trinajstić information content (AvgIpc) is 2.74. The third-order valence-electron chi connectivity index (χ3n) is 3.27. The van der Waals surface area contributed by atoms with Crippen molar-refractivity contribution >= 4 is 11.6 Å². The Kier molecular flexibility index (Phi) is 3.77. The summed E-state index contributed by atoms with van der Waals surface area (Å²) in [6.45, 7) is 2.02. The second-order valence-electron chi connectivity index (χ2n) is 4.75. The van der Waals surface area contributed by atoms with Gasteiger partial charge in [0.1, 0.15) is 0 Å². The smallest absolute Gasteiger partial charge is 0.274 e. The Morgan fingerprint density at radius 1 is 1.53 bits per heavy atom. The van der Waals surface area contributed by atoms with Crippen molar-refractivity contribution in [3.63, 3.8) is 0 Å². The van der Waals surface area contributed by atoms with E-state index < -0.39 is 10.8 Å². The number of hydrogen-bond donors (Lipinski definition) is 2. The summed E-state index contributed by atoms with van der Waals surface area (Å²) in [6.07, 6.45) is 0.896. The molecule has 0 spiro atoms.